The lowest BCUT2D eigenvalue weighted by molar-refractivity contribution is -2.00. The number of halogens is 2. The molecule has 0 radical (unpaired) electrons. The summed E-state index contributed by atoms with van der Waals surface area (Å²) in [7, 11) is -9.89. The minimum absolute atomic E-state index is 1.11. The molecule has 6 aromatic rings. The molecular weight excluding hydrogens is 619 g/mol. The van der Waals surface area contributed by atoms with Gasteiger partial charge in [-0.2, -0.15) is 8.80 Å². The Morgan fingerprint density at radius 1 is 0.477 bits per heavy atom. The number of fused-ring (bicyclic) bond motifs is 10. The molecule has 0 amide bonds. The number of rotatable bonds is 2. The number of aromatic nitrogens is 4. The van der Waals surface area contributed by atoms with E-state index in [1.165, 1.54) is 70.7 Å². The van der Waals surface area contributed by atoms with Gasteiger partial charge in [0.15, 0.2) is 22.1 Å². The first-order valence-electron chi connectivity index (χ1n) is 13.9. The van der Waals surface area contributed by atoms with Gasteiger partial charge in [-0.15, -0.1) is 20.5 Å². The van der Waals surface area contributed by atoms with E-state index in [1.807, 2.05) is 0 Å². The average molecular weight is 647 g/mol. The summed E-state index contributed by atoms with van der Waals surface area (Å²) in [6.45, 7) is 4.44. The third-order valence-corrected chi connectivity index (χ3v) is 7.85. The Balaban J connectivity index is 0.000000301. The quantitative estimate of drug-likeness (QED) is 0.163. The van der Waals surface area contributed by atoms with Crippen molar-refractivity contribution in [3.63, 3.8) is 0 Å². The van der Waals surface area contributed by atoms with Gasteiger partial charge in [0, 0.05) is 0 Å². The van der Waals surface area contributed by atoms with E-state index in [1.54, 1.807) is 0 Å². The Kier molecular flexibility index (Phi) is 8.15. The lowest BCUT2D eigenvalue weighted by atomic mass is 10.2. The highest BCUT2D eigenvalue weighted by molar-refractivity contribution is 6.04. The van der Waals surface area contributed by atoms with Crippen LogP contribution < -0.4 is 55.9 Å². The maximum Gasteiger partial charge on any atom is 0.370 e. The van der Waals surface area contributed by atoms with Crippen molar-refractivity contribution in [2.75, 3.05) is 36.0 Å². The van der Waals surface area contributed by atoms with Crippen LogP contribution in [0.1, 0.15) is 25.7 Å². The first kappa shape index (κ1) is 30.5. The van der Waals surface area contributed by atoms with Gasteiger partial charge in [0.1, 0.15) is 11.0 Å². The Morgan fingerprint density at radius 3 is 1.14 bits per heavy atom. The summed E-state index contributed by atoms with van der Waals surface area (Å²) in [5.41, 5.74) is 7.62. The number of para-hydroxylation sites is 2. The summed E-state index contributed by atoms with van der Waals surface area (Å²) in [5.74, 6) is 2.56. The minimum atomic E-state index is -4.94. The highest BCUT2D eigenvalue weighted by Crippen LogP contribution is 2.35. The number of nitrogens with zero attached hydrogens (tertiary/aromatic N) is 6. The second-order valence-corrected chi connectivity index (χ2v) is 12.0. The number of anilines is 2. The van der Waals surface area contributed by atoms with Crippen molar-refractivity contribution >= 4 is 45.0 Å². The second kappa shape index (κ2) is 11.8. The molecule has 7 heterocycles. The van der Waals surface area contributed by atoms with Crippen molar-refractivity contribution in [2.45, 2.75) is 25.7 Å². The monoisotopic (exact) mass is 646 g/mol. The van der Waals surface area contributed by atoms with Gasteiger partial charge in [-0.3, -0.25) is 9.80 Å². The number of hydrogen-bond donors (Lipinski definition) is 0. The van der Waals surface area contributed by atoms with Gasteiger partial charge < -0.3 is 0 Å². The topological polar surface area (TPSA) is 208 Å². The van der Waals surface area contributed by atoms with Crippen LogP contribution in [0.5, 0.6) is 0 Å². The SMILES string of the molecule is [O-][Cl+3]([O-])([O-])[O-].[O-][Cl+3]([O-])([O-])[O-].c1ccc2c(c1)n1c(N3CCCC3)[n+]3ccccc3c1c1c3cccc[n+]3c(N3CCCC3)n21. The van der Waals surface area contributed by atoms with Crippen LogP contribution in [-0.4, -0.2) is 35.0 Å². The van der Waals surface area contributed by atoms with Gasteiger partial charge in [0.25, 0.3) is 0 Å². The van der Waals surface area contributed by atoms with E-state index in [0.717, 1.165) is 26.2 Å². The van der Waals surface area contributed by atoms with E-state index in [0.29, 0.717) is 0 Å². The Labute approximate surface area is 254 Å². The van der Waals surface area contributed by atoms with Crippen molar-refractivity contribution in [1.29, 1.82) is 0 Å². The lowest BCUT2D eigenvalue weighted by Gasteiger charge is -2.17. The van der Waals surface area contributed by atoms with Gasteiger partial charge in [-0.05, 0) is 62.1 Å². The molecule has 14 nitrogen and oxygen atoms in total. The van der Waals surface area contributed by atoms with Crippen LogP contribution in [0.25, 0.3) is 33.1 Å². The van der Waals surface area contributed by atoms with Crippen LogP contribution in [0.2, 0.25) is 0 Å². The van der Waals surface area contributed by atoms with Gasteiger partial charge in [0.2, 0.25) is 0 Å². The molecule has 0 aliphatic carbocycles. The molecule has 232 valence electrons. The number of hydrogen-bond acceptors (Lipinski definition) is 10. The van der Waals surface area contributed by atoms with Gasteiger partial charge >= 0.3 is 11.9 Å². The fraction of sp³-hybridized carbons (Fsp3) is 0.286. The van der Waals surface area contributed by atoms with Crippen LogP contribution >= 0.6 is 0 Å². The summed E-state index contributed by atoms with van der Waals surface area (Å²) in [5, 5.41) is 0. The second-order valence-electron chi connectivity index (χ2n) is 10.5. The Hall–Kier alpha value is -3.54. The molecule has 16 heteroatoms. The van der Waals surface area contributed by atoms with E-state index in [9.17, 15) is 0 Å². The number of benzene rings is 1. The molecule has 0 unspecified atom stereocenters. The zero-order valence-electron chi connectivity index (χ0n) is 23.3. The van der Waals surface area contributed by atoms with E-state index in [-0.39, 0.29) is 0 Å². The summed E-state index contributed by atoms with van der Waals surface area (Å²) >= 11 is 0. The van der Waals surface area contributed by atoms with E-state index in [4.69, 9.17) is 37.3 Å². The predicted octanol–water partition coefficient (Wildman–Crippen LogP) is -5.49. The largest absolute Gasteiger partial charge is 0.370 e. The highest BCUT2D eigenvalue weighted by atomic mass is 35.7. The smallest absolute Gasteiger partial charge is 0.263 e. The molecule has 0 N–H and O–H groups in total. The maximum absolute atomic E-state index is 8.49. The zero-order chi connectivity index (χ0) is 31.2. The van der Waals surface area contributed by atoms with Crippen LogP contribution in [-0.2, 0) is 0 Å². The predicted molar refractivity (Wildman–Crippen MR) is 135 cm³/mol. The van der Waals surface area contributed by atoms with Crippen molar-refractivity contribution in [3.8, 4) is 0 Å². The molecule has 2 aliphatic heterocycles. The van der Waals surface area contributed by atoms with Gasteiger partial charge in [-0.25, -0.2) is 46.1 Å². The third-order valence-electron chi connectivity index (χ3n) is 7.85. The standard InChI is InChI=1S/C28H28N6.2ClHO4/c1-2-12-22-21(11-1)33-25(23-13-3-5-19-31(23)27(33)29-15-7-8-16-29)26-24-14-4-6-20-32(24)28(34(22)26)30-17-9-10-18-30;2*2-1(3,4)5/h1-6,11-14,19-20H,7-10,15-18H2;2*(H,2,3,4,5)/q+2;;/p-2. The molecule has 2 fully saturated rings. The van der Waals surface area contributed by atoms with Crippen molar-refractivity contribution < 1.29 is 66.6 Å². The molecule has 8 rings (SSSR count). The molecule has 2 aliphatic rings. The first-order valence-corrected chi connectivity index (χ1v) is 16.3. The summed E-state index contributed by atoms with van der Waals surface area (Å²) in [6, 6.07) is 22.2. The minimum Gasteiger partial charge on any atom is -0.263 e. The lowest BCUT2D eigenvalue weighted by Crippen LogP contribution is -2.68. The number of imidazole rings is 2. The van der Waals surface area contributed by atoms with Crippen molar-refractivity contribution in [2.24, 2.45) is 0 Å². The Morgan fingerprint density at radius 2 is 0.795 bits per heavy atom. The van der Waals surface area contributed by atoms with Crippen LogP contribution in [0.3, 0.4) is 0 Å². The number of pyridine rings is 2. The van der Waals surface area contributed by atoms with E-state index >= 15 is 0 Å². The van der Waals surface area contributed by atoms with Crippen LogP contribution in [0.4, 0.5) is 11.9 Å². The summed E-state index contributed by atoms with van der Waals surface area (Å²) in [4.78, 5) is 5.14. The molecule has 0 atom stereocenters. The summed E-state index contributed by atoms with van der Waals surface area (Å²) < 4.78 is 77.8. The fourth-order valence-corrected chi connectivity index (χ4v) is 6.44. The van der Waals surface area contributed by atoms with E-state index in [2.05, 4.69) is 100 Å². The van der Waals surface area contributed by atoms with Crippen molar-refractivity contribution in [3.05, 3.63) is 73.1 Å². The molecule has 0 saturated carbocycles. The third kappa shape index (κ3) is 5.92. The maximum atomic E-state index is 8.49. The highest BCUT2D eigenvalue weighted by Gasteiger charge is 2.36. The molecule has 5 aromatic heterocycles. The molecule has 1 aromatic carbocycles. The Bertz CT molecular complexity index is 1800. The summed E-state index contributed by atoms with van der Waals surface area (Å²) in [6.07, 6.45) is 9.50. The normalized spacial score (nSPS) is 15.8. The first-order chi connectivity index (χ1) is 20.9. The zero-order valence-corrected chi connectivity index (χ0v) is 24.8. The van der Waals surface area contributed by atoms with Crippen LogP contribution in [0, 0.1) is 20.5 Å². The van der Waals surface area contributed by atoms with Gasteiger partial charge in [0.05, 0.1) is 38.6 Å². The molecule has 44 heavy (non-hydrogen) atoms. The molecule has 0 bridgehead atoms. The average Bonchev–Trinajstić information content (AvgIpc) is 3.76. The van der Waals surface area contributed by atoms with Crippen LogP contribution in [0.15, 0.2) is 73.1 Å². The van der Waals surface area contributed by atoms with Gasteiger partial charge in [-0.1, -0.05) is 24.3 Å². The molecule has 0 spiro atoms. The van der Waals surface area contributed by atoms with E-state index < -0.39 is 20.5 Å². The molecule has 2 saturated heterocycles. The van der Waals surface area contributed by atoms with Crippen molar-refractivity contribution in [1.82, 2.24) is 8.80 Å². The fourth-order valence-electron chi connectivity index (χ4n) is 6.44. The molecular formula is C28H28Cl2N6O8.